The maximum absolute atomic E-state index is 12.9. The number of fused-ring (bicyclic) bond motifs is 1. The van der Waals surface area contributed by atoms with Crippen LogP contribution in [0.4, 0.5) is 0 Å². The standard InChI is InChI=1S/C22H22N2O3/c25-21-6-5-17(15-23-21)13-16-7-10-24(11-8-16)22(26)19-9-12-27-20-4-2-1-3-18(20)14-19/h1-6,9,12,14-16H,7-8,10-11,13H2,(H,23,25). The number of piperidine rings is 1. The van der Waals surface area contributed by atoms with Crippen LogP contribution in [0, 0.1) is 5.92 Å². The van der Waals surface area contributed by atoms with Gasteiger partial charge in [0, 0.05) is 36.5 Å². The molecule has 0 radical (unpaired) electrons. The fourth-order valence-electron chi connectivity index (χ4n) is 3.66. The summed E-state index contributed by atoms with van der Waals surface area (Å²) in [6.45, 7) is 1.50. The van der Waals surface area contributed by atoms with Gasteiger partial charge in [-0.25, -0.2) is 0 Å². The van der Waals surface area contributed by atoms with Crippen molar-refractivity contribution < 1.29 is 9.53 Å². The van der Waals surface area contributed by atoms with Crippen LogP contribution in [0.25, 0.3) is 6.08 Å². The van der Waals surface area contributed by atoms with Crippen LogP contribution in [0.3, 0.4) is 0 Å². The predicted octanol–water partition coefficient (Wildman–Crippen LogP) is 3.15. The van der Waals surface area contributed by atoms with Crippen LogP contribution < -0.4 is 10.3 Å². The molecule has 2 aliphatic rings. The van der Waals surface area contributed by atoms with Crippen LogP contribution in [-0.2, 0) is 11.2 Å². The molecule has 5 nitrogen and oxygen atoms in total. The number of nitrogens with one attached hydrogen (secondary N) is 1. The van der Waals surface area contributed by atoms with E-state index in [4.69, 9.17) is 4.74 Å². The molecule has 4 rings (SSSR count). The third-order valence-corrected chi connectivity index (χ3v) is 5.19. The number of amides is 1. The molecule has 5 heteroatoms. The summed E-state index contributed by atoms with van der Waals surface area (Å²) < 4.78 is 5.58. The zero-order chi connectivity index (χ0) is 18.6. The van der Waals surface area contributed by atoms with Crippen molar-refractivity contribution in [2.24, 2.45) is 5.92 Å². The molecule has 27 heavy (non-hydrogen) atoms. The van der Waals surface area contributed by atoms with Gasteiger partial charge in [0.1, 0.15) is 5.75 Å². The number of likely N-dealkylation sites (tertiary alicyclic amines) is 1. The highest BCUT2D eigenvalue weighted by Crippen LogP contribution is 2.27. The molecule has 3 heterocycles. The molecule has 1 aromatic heterocycles. The van der Waals surface area contributed by atoms with Gasteiger partial charge in [-0.1, -0.05) is 24.3 Å². The van der Waals surface area contributed by atoms with Crippen molar-refractivity contribution in [2.75, 3.05) is 13.1 Å². The highest BCUT2D eigenvalue weighted by atomic mass is 16.5. The largest absolute Gasteiger partial charge is 0.464 e. The summed E-state index contributed by atoms with van der Waals surface area (Å²) in [5.41, 5.74) is 2.63. The van der Waals surface area contributed by atoms with E-state index in [1.54, 1.807) is 24.6 Å². The Hall–Kier alpha value is -3.08. The van der Waals surface area contributed by atoms with E-state index in [-0.39, 0.29) is 11.5 Å². The number of aromatic amines is 1. The number of carbonyl (C=O) groups is 1. The van der Waals surface area contributed by atoms with Crippen molar-refractivity contribution in [3.8, 4) is 5.75 Å². The molecule has 2 aromatic rings. The highest BCUT2D eigenvalue weighted by Gasteiger charge is 2.25. The minimum Gasteiger partial charge on any atom is -0.464 e. The number of pyridine rings is 1. The van der Waals surface area contributed by atoms with Crippen LogP contribution in [0.1, 0.15) is 24.0 Å². The van der Waals surface area contributed by atoms with E-state index in [1.807, 2.05) is 41.3 Å². The highest BCUT2D eigenvalue weighted by molar-refractivity contribution is 6.01. The van der Waals surface area contributed by atoms with Crippen LogP contribution in [0.5, 0.6) is 5.75 Å². The van der Waals surface area contributed by atoms with Gasteiger partial charge in [0.25, 0.3) is 5.91 Å². The van der Waals surface area contributed by atoms with Gasteiger partial charge in [0.05, 0.1) is 6.26 Å². The van der Waals surface area contributed by atoms with Gasteiger partial charge in [0.15, 0.2) is 0 Å². The lowest BCUT2D eigenvalue weighted by Crippen LogP contribution is -2.39. The van der Waals surface area contributed by atoms with Gasteiger partial charge >= 0.3 is 0 Å². The molecule has 1 aromatic carbocycles. The molecule has 0 aliphatic carbocycles. The molecule has 1 amide bonds. The Bertz CT molecular complexity index is 930. The molecule has 0 unspecified atom stereocenters. The number of nitrogens with zero attached hydrogens (tertiary/aromatic N) is 1. The van der Waals surface area contributed by atoms with Gasteiger partial charge in [-0.15, -0.1) is 0 Å². The lowest BCUT2D eigenvalue weighted by atomic mass is 9.90. The number of benzene rings is 1. The fourth-order valence-corrected chi connectivity index (χ4v) is 3.66. The summed E-state index contributed by atoms with van der Waals surface area (Å²) in [6.07, 6.45) is 9.88. The molecule has 0 saturated carbocycles. The van der Waals surface area contributed by atoms with Crippen molar-refractivity contribution in [2.45, 2.75) is 19.3 Å². The second-order valence-corrected chi connectivity index (χ2v) is 7.06. The molecule has 138 valence electrons. The van der Waals surface area contributed by atoms with E-state index in [2.05, 4.69) is 4.98 Å². The number of carbonyl (C=O) groups excluding carboxylic acids is 1. The Labute approximate surface area is 158 Å². The minimum atomic E-state index is -0.0746. The Morgan fingerprint density at radius 3 is 2.74 bits per heavy atom. The smallest absolute Gasteiger partial charge is 0.253 e. The predicted molar refractivity (Wildman–Crippen MR) is 104 cm³/mol. The summed E-state index contributed by atoms with van der Waals surface area (Å²) in [5.74, 6) is 1.34. The first-order chi connectivity index (χ1) is 13.2. The first-order valence-corrected chi connectivity index (χ1v) is 9.30. The van der Waals surface area contributed by atoms with Crippen molar-refractivity contribution in [1.82, 2.24) is 9.88 Å². The van der Waals surface area contributed by atoms with E-state index in [0.29, 0.717) is 11.5 Å². The molecule has 2 aliphatic heterocycles. The van der Waals surface area contributed by atoms with Crippen molar-refractivity contribution in [3.63, 3.8) is 0 Å². The molecular weight excluding hydrogens is 340 g/mol. The number of rotatable bonds is 3. The molecule has 0 atom stereocenters. The molecule has 1 saturated heterocycles. The number of para-hydroxylation sites is 1. The maximum atomic E-state index is 12.9. The third-order valence-electron chi connectivity index (χ3n) is 5.19. The Balaban J connectivity index is 1.39. The number of hydrogen-bond acceptors (Lipinski definition) is 3. The van der Waals surface area contributed by atoms with E-state index in [9.17, 15) is 9.59 Å². The molecule has 1 N–H and O–H groups in total. The van der Waals surface area contributed by atoms with Gasteiger partial charge in [-0.2, -0.15) is 0 Å². The second kappa shape index (κ2) is 7.66. The number of ether oxygens (including phenoxy) is 1. The van der Waals surface area contributed by atoms with Gasteiger partial charge < -0.3 is 14.6 Å². The molecule has 1 fully saturated rings. The summed E-state index contributed by atoms with van der Waals surface area (Å²) in [6, 6.07) is 11.2. The maximum Gasteiger partial charge on any atom is 0.253 e. The van der Waals surface area contributed by atoms with Gasteiger partial charge in [0.2, 0.25) is 5.56 Å². The quantitative estimate of drug-likeness (QED) is 0.912. The minimum absolute atomic E-state index is 0.0500. The number of H-pyrrole nitrogens is 1. The number of hydrogen-bond donors (Lipinski definition) is 1. The third kappa shape index (κ3) is 4.03. The lowest BCUT2D eigenvalue weighted by Gasteiger charge is -2.32. The van der Waals surface area contributed by atoms with E-state index in [1.165, 1.54) is 0 Å². The average molecular weight is 362 g/mol. The van der Waals surface area contributed by atoms with E-state index < -0.39 is 0 Å². The SMILES string of the molecule is O=C(C1=Cc2ccccc2OC=C1)N1CCC(Cc2ccc(=O)[nH]c2)CC1. The summed E-state index contributed by atoms with van der Waals surface area (Å²) in [5, 5.41) is 0. The van der Waals surface area contributed by atoms with Crippen LogP contribution in [0.2, 0.25) is 0 Å². The van der Waals surface area contributed by atoms with E-state index in [0.717, 1.165) is 49.2 Å². The zero-order valence-corrected chi connectivity index (χ0v) is 15.1. The average Bonchev–Trinajstić information content (AvgIpc) is 2.92. The van der Waals surface area contributed by atoms with Gasteiger partial charge in [-0.05, 0) is 49.0 Å². The van der Waals surface area contributed by atoms with Crippen molar-refractivity contribution >= 4 is 12.0 Å². The Morgan fingerprint density at radius 1 is 1.15 bits per heavy atom. The molecule has 0 spiro atoms. The molecular formula is C22H22N2O3. The summed E-state index contributed by atoms with van der Waals surface area (Å²) in [7, 11) is 0. The molecule has 0 bridgehead atoms. The summed E-state index contributed by atoms with van der Waals surface area (Å²) >= 11 is 0. The first kappa shape index (κ1) is 17.3. The van der Waals surface area contributed by atoms with Crippen molar-refractivity contribution in [1.29, 1.82) is 0 Å². The summed E-state index contributed by atoms with van der Waals surface area (Å²) in [4.78, 5) is 28.7. The number of aromatic nitrogens is 1. The topological polar surface area (TPSA) is 62.4 Å². The van der Waals surface area contributed by atoms with Crippen LogP contribution in [0.15, 0.2) is 65.3 Å². The second-order valence-electron chi connectivity index (χ2n) is 7.06. The zero-order valence-electron chi connectivity index (χ0n) is 15.1. The fraction of sp³-hybridized carbons (Fsp3) is 0.273. The van der Waals surface area contributed by atoms with Crippen molar-refractivity contribution in [3.05, 3.63) is 82.0 Å². The van der Waals surface area contributed by atoms with Crippen LogP contribution in [-0.4, -0.2) is 28.9 Å². The van der Waals surface area contributed by atoms with Crippen LogP contribution >= 0.6 is 0 Å². The monoisotopic (exact) mass is 362 g/mol. The Kier molecular flexibility index (Phi) is 4.92. The first-order valence-electron chi connectivity index (χ1n) is 9.30. The van der Waals surface area contributed by atoms with E-state index >= 15 is 0 Å². The normalized spacial score (nSPS) is 16.9. The Morgan fingerprint density at radius 2 is 1.96 bits per heavy atom. The van der Waals surface area contributed by atoms with Gasteiger partial charge in [-0.3, -0.25) is 9.59 Å². The lowest BCUT2D eigenvalue weighted by molar-refractivity contribution is -0.128.